The average Bonchev–Trinajstić information content (AvgIpc) is 2.92. The number of aromatic nitrogens is 3. The molecule has 0 bridgehead atoms. The van der Waals surface area contributed by atoms with Crippen LogP contribution in [0.4, 0.5) is 0 Å². The van der Waals surface area contributed by atoms with Gasteiger partial charge < -0.3 is 0 Å². The van der Waals surface area contributed by atoms with E-state index < -0.39 is 0 Å². The molecule has 0 aliphatic heterocycles. The van der Waals surface area contributed by atoms with Crippen LogP contribution in [0.3, 0.4) is 0 Å². The predicted octanol–water partition coefficient (Wildman–Crippen LogP) is 7.77. The Labute approximate surface area is 196 Å². The van der Waals surface area contributed by atoms with E-state index in [1.165, 1.54) is 49.0 Å². The number of benzene rings is 5. The smallest absolute Gasteiger partial charge is 0.159 e. The quantitative estimate of drug-likeness (QED) is 0.267. The van der Waals surface area contributed by atoms with Gasteiger partial charge in [-0.05, 0) is 61.1 Å². The van der Waals surface area contributed by atoms with E-state index in [1.807, 2.05) is 24.5 Å². The molecule has 3 nitrogen and oxygen atoms in total. The first-order valence-electron chi connectivity index (χ1n) is 11.4. The van der Waals surface area contributed by atoms with Crippen molar-refractivity contribution in [3.8, 4) is 33.6 Å². The number of pyridine rings is 1. The number of hydrogen-bond donors (Lipinski definition) is 0. The van der Waals surface area contributed by atoms with Gasteiger partial charge in [-0.15, -0.1) is 0 Å². The van der Waals surface area contributed by atoms with Crippen LogP contribution in [0.1, 0.15) is 0 Å². The molecule has 3 heteroatoms. The molecule has 0 spiro atoms. The highest BCUT2D eigenvalue weighted by molar-refractivity contribution is 6.27. The molecule has 0 amide bonds. The van der Waals surface area contributed by atoms with Gasteiger partial charge in [0.05, 0.1) is 0 Å². The van der Waals surface area contributed by atoms with Crippen molar-refractivity contribution in [3.05, 3.63) is 116 Å². The van der Waals surface area contributed by atoms with Gasteiger partial charge in [0.25, 0.3) is 0 Å². The lowest BCUT2D eigenvalue weighted by Crippen LogP contribution is -1.90. The van der Waals surface area contributed by atoms with Crippen LogP contribution in [-0.4, -0.2) is 15.0 Å². The molecule has 0 radical (unpaired) electrons. The molecule has 0 saturated heterocycles. The maximum absolute atomic E-state index is 4.37. The minimum Gasteiger partial charge on any atom is -0.264 e. The summed E-state index contributed by atoms with van der Waals surface area (Å²) in [6.45, 7) is 0. The zero-order valence-corrected chi connectivity index (χ0v) is 18.3. The lowest BCUT2D eigenvalue weighted by atomic mass is 9.87. The highest BCUT2D eigenvalue weighted by atomic mass is 14.8. The molecule has 0 atom stereocenters. The summed E-state index contributed by atoms with van der Waals surface area (Å²) in [6.07, 6.45) is 7.31. The van der Waals surface area contributed by atoms with Crippen LogP contribution in [0.15, 0.2) is 116 Å². The zero-order chi connectivity index (χ0) is 22.5. The van der Waals surface area contributed by atoms with E-state index in [2.05, 4.69) is 93.8 Å². The Bertz CT molecular complexity index is 1770. The van der Waals surface area contributed by atoms with Crippen LogP contribution < -0.4 is 0 Å². The van der Waals surface area contributed by atoms with Crippen LogP contribution in [0.5, 0.6) is 0 Å². The van der Waals surface area contributed by atoms with Crippen LogP contribution in [0.25, 0.3) is 66.0 Å². The number of nitrogens with zero attached hydrogens (tertiary/aromatic N) is 3. The molecule has 2 aromatic heterocycles. The third kappa shape index (κ3) is 2.87. The maximum Gasteiger partial charge on any atom is 0.159 e. The van der Waals surface area contributed by atoms with Gasteiger partial charge in [0, 0.05) is 35.9 Å². The first kappa shape index (κ1) is 18.9. The van der Waals surface area contributed by atoms with Crippen molar-refractivity contribution in [2.75, 3.05) is 0 Å². The normalized spacial score (nSPS) is 11.5. The molecule has 5 aromatic carbocycles. The Morgan fingerprint density at radius 2 is 1.03 bits per heavy atom. The zero-order valence-electron chi connectivity index (χ0n) is 18.3. The van der Waals surface area contributed by atoms with Gasteiger partial charge in [0.1, 0.15) is 0 Å². The van der Waals surface area contributed by atoms with Gasteiger partial charge >= 0.3 is 0 Å². The minimum atomic E-state index is 0.743. The van der Waals surface area contributed by atoms with E-state index in [-0.39, 0.29) is 0 Å². The van der Waals surface area contributed by atoms with Crippen molar-refractivity contribution in [2.24, 2.45) is 0 Å². The Kier molecular flexibility index (Phi) is 4.15. The van der Waals surface area contributed by atoms with E-state index in [1.54, 1.807) is 12.4 Å². The molecule has 34 heavy (non-hydrogen) atoms. The van der Waals surface area contributed by atoms with E-state index in [0.29, 0.717) is 0 Å². The first-order valence-corrected chi connectivity index (χ1v) is 11.4. The van der Waals surface area contributed by atoms with Gasteiger partial charge in [0.2, 0.25) is 0 Å². The van der Waals surface area contributed by atoms with Crippen molar-refractivity contribution in [1.29, 1.82) is 0 Å². The lowest BCUT2D eigenvalue weighted by Gasteiger charge is -2.16. The van der Waals surface area contributed by atoms with E-state index >= 15 is 0 Å². The monoisotopic (exact) mass is 433 g/mol. The molecule has 7 rings (SSSR count). The first-order chi connectivity index (χ1) is 16.9. The maximum atomic E-state index is 4.37. The predicted molar refractivity (Wildman–Crippen MR) is 140 cm³/mol. The van der Waals surface area contributed by atoms with E-state index in [9.17, 15) is 0 Å². The number of rotatable bonds is 3. The van der Waals surface area contributed by atoms with Crippen molar-refractivity contribution in [3.63, 3.8) is 0 Å². The second-order valence-electron chi connectivity index (χ2n) is 8.54. The standard InChI is InChI=1S/C31H19N3/c1-3-24(19-32-16-1)26-13-9-22-10-14-27-25(12-8-21-11-15-28(26)30(22)29(21)27)20-4-6-23(7-5-20)31-33-17-2-18-34-31/h1-19H. The summed E-state index contributed by atoms with van der Waals surface area (Å²) in [4.78, 5) is 13.1. The molecule has 158 valence electrons. The van der Waals surface area contributed by atoms with Gasteiger partial charge in [-0.2, -0.15) is 0 Å². The van der Waals surface area contributed by atoms with Crippen LogP contribution in [-0.2, 0) is 0 Å². The fourth-order valence-corrected chi connectivity index (χ4v) is 5.07. The van der Waals surface area contributed by atoms with E-state index in [4.69, 9.17) is 0 Å². The summed E-state index contributed by atoms with van der Waals surface area (Å²) in [6, 6.07) is 32.4. The highest BCUT2D eigenvalue weighted by Gasteiger charge is 2.15. The Morgan fingerprint density at radius 3 is 1.65 bits per heavy atom. The third-order valence-electron chi connectivity index (χ3n) is 6.66. The minimum absolute atomic E-state index is 0.743. The van der Waals surface area contributed by atoms with Crippen molar-refractivity contribution in [1.82, 2.24) is 15.0 Å². The van der Waals surface area contributed by atoms with Gasteiger partial charge in [-0.1, -0.05) is 78.9 Å². The third-order valence-corrected chi connectivity index (χ3v) is 6.66. The molecular weight excluding hydrogens is 414 g/mol. The van der Waals surface area contributed by atoms with Crippen molar-refractivity contribution >= 4 is 32.3 Å². The summed E-state index contributed by atoms with van der Waals surface area (Å²) in [5.41, 5.74) is 5.79. The van der Waals surface area contributed by atoms with Crippen molar-refractivity contribution < 1.29 is 0 Å². The Morgan fingerprint density at radius 1 is 0.441 bits per heavy atom. The van der Waals surface area contributed by atoms with E-state index in [0.717, 1.165) is 17.0 Å². The van der Waals surface area contributed by atoms with Crippen molar-refractivity contribution in [2.45, 2.75) is 0 Å². The van der Waals surface area contributed by atoms with Crippen LogP contribution in [0.2, 0.25) is 0 Å². The molecule has 7 aromatic rings. The summed E-state index contributed by atoms with van der Waals surface area (Å²) < 4.78 is 0. The molecule has 2 heterocycles. The fraction of sp³-hybridized carbons (Fsp3) is 0. The van der Waals surface area contributed by atoms with Crippen LogP contribution >= 0.6 is 0 Å². The second kappa shape index (κ2) is 7.46. The van der Waals surface area contributed by atoms with Gasteiger partial charge in [-0.25, -0.2) is 9.97 Å². The molecule has 0 N–H and O–H groups in total. The topological polar surface area (TPSA) is 38.7 Å². The van der Waals surface area contributed by atoms with Gasteiger partial charge in [-0.3, -0.25) is 4.98 Å². The molecule has 0 fully saturated rings. The number of hydrogen-bond acceptors (Lipinski definition) is 3. The van der Waals surface area contributed by atoms with Crippen LogP contribution in [0, 0.1) is 0 Å². The summed E-state index contributed by atoms with van der Waals surface area (Å²) in [5, 5.41) is 7.67. The Balaban J connectivity index is 1.46. The second-order valence-corrected chi connectivity index (χ2v) is 8.54. The fourth-order valence-electron chi connectivity index (χ4n) is 5.07. The lowest BCUT2D eigenvalue weighted by molar-refractivity contribution is 1.18. The summed E-state index contributed by atoms with van der Waals surface area (Å²) in [5.74, 6) is 0.743. The largest absolute Gasteiger partial charge is 0.264 e. The summed E-state index contributed by atoms with van der Waals surface area (Å²) >= 11 is 0. The highest BCUT2D eigenvalue weighted by Crippen LogP contribution is 2.42. The average molecular weight is 434 g/mol. The van der Waals surface area contributed by atoms with Gasteiger partial charge in [0.15, 0.2) is 5.82 Å². The summed E-state index contributed by atoms with van der Waals surface area (Å²) in [7, 11) is 0. The molecular formula is C31H19N3. The SMILES string of the molecule is c1cnc(-c2ccc(-c3ccc4ccc5c(-c6cccnc6)ccc6ccc3c4c65)cc2)nc1. The molecule has 0 aliphatic carbocycles. The molecule has 0 aliphatic rings. The Hall–Kier alpha value is -4.63. The molecule has 0 saturated carbocycles. The molecule has 0 unspecified atom stereocenters.